The lowest BCUT2D eigenvalue weighted by Gasteiger charge is -2.27. The van der Waals surface area contributed by atoms with Crippen molar-refractivity contribution >= 4 is 39.4 Å². The lowest BCUT2D eigenvalue weighted by molar-refractivity contribution is -0.255. The molecule has 1 amide bonds. The van der Waals surface area contributed by atoms with Gasteiger partial charge in [0.25, 0.3) is 17.1 Å². The van der Waals surface area contributed by atoms with Crippen molar-refractivity contribution in [3.8, 4) is 45.8 Å². The minimum absolute atomic E-state index is 0.0262. The van der Waals surface area contributed by atoms with Gasteiger partial charge < -0.3 is 40.7 Å². The maximum absolute atomic E-state index is 14.3. The van der Waals surface area contributed by atoms with Crippen molar-refractivity contribution in [3.63, 3.8) is 0 Å². The number of nitrogens with zero attached hydrogens (tertiary/aromatic N) is 10. The second-order valence-electron chi connectivity index (χ2n) is 15.1. The summed E-state index contributed by atoms with van der Waals surface area (Å²) in [5.74, 6) is -10.2. The van der Waals surface area contributed by atoms with E-state index in [1.165, 1.54) is 70.4 Å². The molecule has 2 aromatic carbocycles. The summed E-state index contributed by atoms with van der Waals surface area (Å²) < 4.78 is 148. The van der Waals surface area contributed by atoms with Crippen LogP contribution in [0.1, 0.15) is 11.1 Å². The zero-order chi connectivity index (χ0) is 53.0. The standard InChI is InChI=1S/C21H14BrF5N6O4.C21H16F5N7O3/c22-14-15(18-28-7-12(24)17(30-18)29-9-20(36,19(34)35)21(25,26)27)31-33(16(14)13-5-6-37-32-13)8-10-3-1-2-4-11(10)23;22-12-4-2-1-3-11(12)9-33-16(14-5-6-36-32-14)7-15(31-33)18-28-8-13(23)17(30-18)29-10-20(35,19(27)34)21(24,25)26/h1-7,36H,8-9H2,(H,34,35)(H,28,29,30);1-8,35H,9-10H2,(H2,27,34)(H,28,29,30). The van der Waals surface area contributed by atoms with Crippen molar-refractivity contribution < 1.29 is 77.9 Å². The van der Waals surface area contributed by atoms with Crippen LogP contribution in [0.15, 0.2) is 105 Å². The predicted octanol–water partition coefficient (Wildman–Crippen LogP) is 6.39. The Morgan fingerprint density at radius 1 is 0.658 bits per heavy atom. The molecule has 0 fully saturated rings. The summed E-state index contributed by atoms with van der Waals surface area (Å²) in [5, 5.41) is 48.3. The first kappa shape index (κ1) is 52.5. The van der Waals surface area contributed by atoms with E-state index in [1.807, 2.05) is 10.6 Å². The fraction of sp³-hybridized carbons (Fsp3) is 0.190. The molecule has 20 nitrogen and oxygen atoms in total. The number of carboxylic acid groups (broad SMARTS) is 1. The number of rotatable bonds is 16. The molecule has 0 aliphatic rings. The van der Waals surface area contributed by atoms with Gasteiger partial charge in [0.1, 0.15) is 52.6 Å². The van der Waals surface area contributed by atoms with Gasteiger partial charge in [-0.15, -0.1) is 0 Å². The number of anilines is 2. The number of halogens is 11. The minimum atomic E-state index is -5.57. The van der Waals surface area contributed by atoms with E-state index in [1.54, 1.807) is 18.2 Å². The van der Waals surface area contributed by atoms with Gasteiger partial charge in [-0.2, -0.15) is 36.5 Å². The SMILES string of the molecule is NC(=O)C(O)(CNc1nc(-c2cc(-c3ccon3)n(Cc3ccccc3F)n2)ncc1F)C(F)(F)F.O=C(O)C(O)(CNc1nc(-c2nn(Cc3ccccc3F)c(-c3ccon3)c2Br)ncc1F)C(F)(F)F. The number of carbonyl (C=O) groups is 2. The summed E-state index contributed by atoms with van der Waals surface area (Å²) in [7, 11) is 0. The number of nitrogens with two attached hydrogens (primary N) is 1. The Balaban J connectivity index is 0.000000214. The Morgan fingerprint density at radius 2 is 1.15 bits per heavy atom. The number of alkyl halides is 6. The molecule has 0 saturated carbocycles. The first-order chi connectivity index (χ1) is 34.4. The lowest BCUT2D eigenvalue weighted by Crippen LogP contribution is -2.59. The number of aromatic nitrogens is 10. The van der Waals surface area contributed by atoms with E-state index in [0.29, 0.717) is 29.5 Å². The van der Waals surface area contributed by atoms with E-state index >= 15 is 0 Å². The highest BCUT2D eigenvalue weighted by atomic mass is 79.9. The number of carbonyl (C=O) groups excluding carboxylic acids is 1. The second kappa shape index (κ2) is 20.8. The number of carboxylic acids is 1. The molecule has 8 rings (SSSR count). The minimum Gasteiger partial charge on any atom is -0.479 e. The number of hydrogen-bond acceptors (Lipinski definition) is 16. The molecule has 0 aliphatic heterocycles. The summed E-state index contributed by atoms with van der Waals surface area (Å²) in [6.07, 6.45) is -7.15. The first-order valence-corrected chi connectivity index (χ1v) is 21.0. The Bertz CT molecular complexity index is 3270. The van der Waals surface area contributed by atoms with Gasteiger partial charge in [0.2, 0.25) is 0 Å². The highest BCUT2D eigenvalue weighted by Gasteiger charge is 2.60. The molecule has 0 saturated heterocycles. The Kier molecular flexibility index (Phi) is 15.0. The highest BCUT2D eigenvalue weighted by Crippen LogP contribution is 2.37. The largest absolute Gasteiger partial charge is 0.479 e. The molecular weight excluding hydrogens is 1070 g/mol. The monoisotopic (exact) mass is 1100 g/mol. The molecular formula is C42H30BrF10N13O7. The normalized spacial score (nSPS) is 13.4. The Labute approximate surface area is 408 Å². The molecule has 0 bridgehead atoms. The van der Waals surface area contributed by atoms with Crippen LogP contribution in [-0.4, -0.2) is 114 Å². The van der Waals surface area contributed by atoms with Crippen molar-refractivity contribution in [2.24, 2.45) is 5.73 Å². The zero-order valence-electron chi connectivity index (χ0n) is 36.2. The molecule has 2 unspecified atom stereocenters. The fourth-order valence-electron chi connectivity index (χ4n) is 6.32. The number of primary amides is 1. The van der Waals surface area contributed by atoms with E-state index in [9.17, 15) is 63.7 Å². The van der Waals surface area contributed by atoms with Crippen molar-refractivity contribution in [2.75, 3.05) is 23.7 Å². The van der Waals surface area contributed by atoms with E-state index < -0.39 is 83.4 Å². The highest BCUT2D eigenvalue weighted by molar-refractivity contribution is 9.10. The van der Waals surface area contributed by atoms with Gasteiger partial charge in [0.05, 0.1) is 48.7 Å². The molecule has 6 aromatic heterocycles. The van der Waals surface area contributed by atoms with Crippen LogP contribution in [0.3, 0.4) is 0 Å². The van der Waals surface area contributed by atoms with Crippen molar-refractivity contribution in [3.05, 3.63) is 131 Å². The molecule has 7 N–H and O–H groups in total. The molecule has 0 spiro atoms. The first-order valence-electron chi connectivity index (χ1n) is 20.2. The second-order valence-corrected chi connectivity index (χ2v) is 15.9. The summed E-state index contributed by atoms with van der Waals surface area (Å²) in [6.45, 7) is -3.28. The molecule has 8 aromatic rings. The van der Waals surface area contributed by atoms with Gasteiger partial charge in [-0.1, -0.05) is 46.7 Å². The maximum atomic E-state index is 14.3. The van der Waals surface area contributed by atoms with E-state index in [2.05, 4.69) is 56.4 Å². The quantitative estimate of drug-likeness (QED) is 0.0572. The van der Waals surface area contributed by atoms with Crippen LogP contribution < -0.4 is 16.4 Å². The van der Waals surface area contributed by atoms with Gasteiger partial charge in [-0.3, -0.25) is 14.2 Å². The average molecular weight is 1100 g/mol. The third kappa shape index (κ3) is 11.1. The molecule has 2 atom stereocenters. The van der Waals surface area contributed by atoms with Crippen LogP contribution >= 0.6 is 15.9 Å². The van der Waals surface area contributed by atoms with Gasteiger partial charge in [-0.25, -0.2) is 42.3 Å². The lowest BCUT2D eigenvalue weighted by atomic mass is 10.0. The molecule has 73 heavy (non-hydrogen) atoms. The summed E-state index contributed by atoms with van der Waals surface area (Å²) >= 11 is 3.33. The van der Waals surface area contributed by atoms with Crippen LogP contribution in [0.25, 0.3) is 45.8 Å². The van der Waals surface area contributed by atoms with Gasteiger partial charge in [-0.05, 0) is 34.1 Å². The molecule has 0 aliphatic carbocycles. The number of aliphatic carboxylic acids is 1. The van der Waals surface area contributed by atoms with Crippen molar-refractivity contribution in [1.82, 2.24) is 49.8 Å². The van der Waals surface area contributed by atoms with Crippen molar-refractivity contribution in [2.45, 2.75) is 36.6 Å². The van der Waals surface area contributed by atoms with Crippen LogP contribution in [-0.2, 0) is 22.7 Å². The number of hydrogen-bond donors (Lipinski definition) is 6. The molecule has 6 heterocycles. The summed E-state index contributed by atoms with van der Waals surface area (Å²) in [6, 6.07) is 16.3. The van der Waals surface area contributed by atoms with Gasteiger partial charge in [0, 0.05) is 23.3 Å². The maximum Gasteiger partial charge on any atom is 0.429 e. The predicted molar refractivity (Wildman–Crippen MR) is 232 cm³/mol. The van der Waals surface area contributed by atoms with Crippen LogP contribution in [0.4, 0.5) is 55.5 Å². The third-order valence-electron chi connectivity index (χ3n) is 10.3. The molecule has 31 heteroatoms. The number of nitrogens with one attached hydrogen (secondary N) is 2. The van der Waals surface area contributed by atoms with Crippen LogP contribution in [0.5, 0.6) is 0 Å². The summed E-state index contributed by atoms with van der Waals surface area (Å²) in [4.78, 5) is 37.5. The third-order valence-corrected chi connectivity index (χ3v) is 11.0. The number of amides is 1. The fourth-order valence-corrected chi connectivity index (χ4v) is 6.98. The van der Waals surface area contributed by atoms with Gasteiger partial charge in [0.15, 0.2) is 34.9 Å². The number of benzene rings is 2. The van der Waals surface area contributed by atoms with Gasteiger partial charge >= 0.3 is 18.3 Å². The van der Waals surface area contributed by atoms with E-state index in [4.69, 9.17) is 19.9 Å². The average Bonchev–Trinajstić information content (AvgIpc) is 4.18. The molecule has 382 valence electrons. The van der Waals surface area contributed by atoms with Crippen LogP contribution in [0.2, 0.25) is 0 Å². The number of aliphatic hydroxyl groups is 2. The van der Waals surface area contributed by atoms with E-state index in [-0.39, 0.29) is 57.4 Å². The smallest absolute Gasteiger partial charge is 0.429 e. The Morgan fingerprint density at radius 3 is 1.64 bits per heavy atom. The summed E-state index contributed by atoms with van der Waals surface area (Å²) in [5.41, 5.74) is -1.70. The topological polar surface area (TPSA) is 284 Å². The molecule has 0 radical (unpaired) electrons. The van der Waals surface area contributed by atoms with Crippen molar-refractivity contribution in [1.29, 1.82) is 0 Å². The zero-order valence-corrected chi connectivity index (χ0v) is 37.8. The van der Waals surface area contributed by atoms with Crippen LogP contribution in [0, 0.1) is 23.3 Å². The Hall–Kier alpha value is -8.32. The van der Waals surface area contributed by atoms with E-state index in [0.717, 1.165) is 0 Å².